The van der Waals surface area contributed by atoms with Gasteiger partial charge in [0.2, 0.25) is 0 Å². The van der Waals surface area contributed by atoms with Crippen LogP contribution in [0.2, 0.25) is 0 Å². The fraction of sp³-hybridized carbons (Fsp3) is 1.00. The van der Waals surface area contributed by atoms with E-state index in [2.05, 4.69) is 0 Å². The third-order valence-corrected chi connectivity index (χ3v) is 4.74. The van der Waals surface area contributed by atoms with Gasteiger partial charge in [0.1, 0.15) is 0 Å². The fourth-order valence-corrected chi connectivity index (χ4v) is 3.53. The Morgan fingerprint density at radius 2 is 1.50 bits per heavy atom. The van der Waals surface area contributed by atoms with Crippen molar-refractivity contribution in [3.05, 3.63) is 0 Å². The fourth-order valence-electron chi connectivity index (χ4n) is 3.53. The molecule has 0 spiro atoms. The maximum atomic E-state index is 10.2. The monoisotopic (exact) mass is 254 g/mol. The van der Waals surface area contributed by atoms with E-state index in [-0.39, 0.29) is 6.10 Å². The second-order valence-corrected chi connectivity index (χ2v) is 6.24. The van der Waals surface area contributed by atoms with Crippen molar-refractivity contribution in [1.29, 1.82) is 0 Å². The van der Waals surface area contributed by atoms with Gasteiger partial charge in [-0.1, -0.05) is 38.5 Å². The quantitative estimate of drug-likeness (QED) is 0.724. The number of hydrogen-bond donors (Lipinski definition) is 1. The molecule has 1 unspecified atom stereocenters. The molecule has 0 amide bonds. The second kappa shape index (κ2) is 8.16. The van der Waals surface area contributed by atoms with E-state index in [1.54, 1.807) is 0 Å². The van der Waals surface area contributed by atoms with E-state index >= 15 is 0 Å². The van der Waals surface area contributed by atoms with Crippen molar-refractivity contribution in [3.8, 4) is 0 Å². The summed E-state index contributed by atoms with van der Waals surface area (Å²) >= 11 is 0. The molecule has 106 valence electrons. The van der Waals surface area contributed by atoms with Gasteiger partial charge in [0, 0.05) is 6.61 Å². The maximum absolute atomic E-state index is 10.2. The molecular weight excluding hydrogens is 224 g/mol. The number of aliphatic hydroxyl groups is 1. The van der Waals surface area contributed by atoms with Crippen LogP contribution < -0.4 is 0 Å². The summed E-state index contributed by atoms with van der Waals surface area (Å²) in [6.45, 7) is 0.856. The topological polar surface area (TPSA) is 29.5 Å². The third-order valence-electron chi connectivity index (χ3n) is 4.74. The van der Waals surface area contributed by atoms with Crippen LogP contribution in [0.15, 0.2) is 0 Å². The summed E-state index contributed by atoms with van der Waals surface area (Å²) in [5, 5.41) is 10.2. The Morgan fingerprint density at radius 1 is 0.889 bits per heavy atom. The minimum absolute atomic E-state index is 0.0692. The lowest BCUT2D eigenvalue weighted by Crippen LogP contribution is -2.24. The molecule has 0 bridgehead atoms. The summed E-state index contributed by atoms with van der Waals surface area (Å²) in [6.07, 6.45) is 15.5. The Balaban J connectivity index is 1.51. The Morgan fingerprint density at radius 3 is 2.17 bits per heavy atom. The van der Waals surface area contributed by atoms with E-state index < -0.39 is 0 Å². The van der Waals surface area contributed by atoms with Gasteiger partial charge in [0.15, 0.2) is 0 Å². The maximum Gasteiger partial charge on any atom is 0.0575 e. The lowest BCUT2D eigenvalue weighted by molar-refractivity contribution is 0.0141. The van der Waals surface area contributed by atoms with Gasteiger partial charge in [0.05, 0.1) is 12.2 Å². The first-order valence-corrected chi connectivity index (χ1v) is 8.16. The highest BCUT2D eigenvalue weighted by Gasteiger charge is 2.21. The van der Waals surface area contributed by atoms with Crippen molar-refractivity contribution in [2.75, 3.05) is 6.61 Å². The Bertz CT molecular complexity index is 205. The first-order valence-electron chi connectivity index (χ1n) is 8.16. The molecule has 0 radical (unpaired) electrons. The van der Waals surface area contributed by atoms with E-state index in [0.29, 0.717) is 12.0 Å². The van der Waals surface area contributed by atoms with Gasteiger partial charge in [-0.25, -0.2) is 0 Å². The summed E-state index contributed by atoms with van der Waals surface area (Å²) in [7, 11) is 0. The lowest BCUT2D eigenvalue weighted by Gasteiger charge is -2.27. The molecule has 2 aliphatic rings. The molecule has 1 N–H and O–H groups in total. The molecule has 1 atom stereocenters. The van der Waals surface area contributed by atoms with Crippen LogP contribution in [-0.4, -0.2) is 23.9 Å². The molecule has 2 nitrogen and oxygen atoms in total. The van der Waals surface area contributed by atoms with Gasteiger partial charge >= 0.3 is 0 Å². The van der Waals surface area contributed by atoms with E-state index in [4.69, 9.17) is 4.74 Å². The van der Waals surface area contributed by atoms with Gasteiger partial charge in [-0.05, 0) is 44.4 Å². The van der Waals surface area contributed by atoms with Crippen LogP contribution in [0.25, 0.3) is 0 Å². The number of hydrogen-bond acceptors (Lipinski definition) is 2. The Kier molecular flexibility index (Phi) is 6.50. The highest BCUT2D eigenvalue weighted by molar-refractivity contribution is 4.73. The van der Waals surface area contributed by atoms with Crippen LogP contribution in [0.3, 0.4) is 0 Å². The van der Waals surface area contributed by atoms with Crippen LogP contribution >= 0.6 is 0 Å². The first kappa shape index (κ1) is 14.3. The number of ether oxygens (including phenoxy) is 1. The second-order valence-electron chi connectivity index (χ2n) is 6.24. The van der Waals surface area contributed by atoms with E-state index in [0.717, 1.165) is 19.4 Å². The standard InChI is InChI=1S/C16H30O2/c17-16(14-8-3-1-4-9-14)12-7-13-18-15-10-5-2-6-11-15/h14-17H,1-13H2. The van der Waals surface area contributed by atoms with Crippen molar-refractivity contribution < 1.29 is 9.84 Å². The minimum atomic E-state index is -0.0692. The Labute approximate surface area is 112 Å². The molecule has 0 aromatic rings. The molecule has 2 heteroatoms. The molecule has 18 heavy (non-hydrogen) atoms. The van der Waals surface area contributed by atoms with Crippen LogP contribution in [0, 0.1) is 5.92 Å². The van der Waals surface area contributed by atoms with Crippen molar-refractivity contribution in [2.24, 2.45) is 5.92 Å². The Hall–Kier alpha value is -0.0800. The molecule has 0 saturated heterocycles. The summed E-state index contributed by atoms with van der Waals surface area (Å²) in [6, 6.07) is 0. The van der Waals surface area contributed by atoms with Crippen molar-refractivity contribution >= 4 is 0 Å². The van der Waals surface area contributed by atoms with E-state index in [1.807, 2.05) is 0 Å². The molecule has 2 rings (SSSR count). The lowest BCUT2D eigenvalue weighted by atomic mass is 9.84. The average Bonchev–Trinajstić information content (AvgIpc) is 2.45. The molecule has 2 fully saturated rings. The highest BCUT2D eigenvalue weighted by Crippen LogP contribution is 2.28. The normalized spacial score (nSPS) is 25.2. The smallest absolute Gasteiger partial charge is 0.0575 e. The van der Waals surface area contributed by atoms with Crippen LogP contribution in [0.4, 0.5) is 0 Å². The highest BCUT2D eigenvalue weighted by atomic mass is 16.5. The van der Waals surface area contributed by atoms with Gasteiger partial charge in [0.25, 0.3) is 0 Å². The largest absolute Gasteiger partial charge is 0.393 e. The zero-order valence-corrected chi connectivity index (χ0v) is 11.8. The van der Waals surface area contributed by atoms with Crippen LogP contribution in [0.5, 0.6) is 0 Å². The van der Waals surface area contributed by atoms with Gasteiger partial charge in [-0.2, -0.15) is 0 Å². The van der Waals surface area contributed by atoms with E-state index in [1.165, 1.54) is 64.2 Å². The third kappa shape index (κ3) is 4.89. The SMILES string of the molecule is OC(CCCOC1CCCCC1)C1CCCCC1. The summed E-state index contributed by atoms with van der Waals surface area (Å²) in [4.78, 5) is 0. The molecule has 0 heterocycles. The summed E-state index contributed by atoms with van der Waals surface area (Å²) in [5.41, 5.74) is 0. The zero-order valence-electron chi connectivity index (χ0n) is 11.8. The zero-order chi connectivity index (χ0) is 12.6. The molecule has 0 aliphatic heterocycles. The molecule has 0 aromatic heterocycles. The number of rotatable bonds is 6. The van der Waals surface area contributed by atoms with Crippen molar-refractivity contribution in [1.82, 2.24) is 0 Å². The van der Waals surface area contributed by atoms with Crippen LogP contribution in [-0.2, 0) is 4.74 Å². The average molecular weight is 254 g/mol. The van der Waals surface area contributed by atoms with E-state index in [9.17, 15) is 5.11 Å². The predicted octanol–water partition coefficient (Wildman–Crippen LogP) is 4.06. The van der Waals surface area contributed by atoms with Gasteiger partial charge in [-0.15, -0.1) is 0 Å². The minimum Gasteiger partial charge on any atom is -0.393 e. The predicted molar refractivity (Wildman–Crippen MR) is 74.6 cm³/mol. The number of aliphatic hydroxyl groups excluding tert-OH is 1. The molecular formula is C16H30O2. The summed E-state index contributed by atoms with van der Waals surface area (Å²) in [5.74, 6) is 0.577. The molecule has 0 aromatic carbocycles. The van der Waals surface area contributed by atoms with Crippen molar-refractivity contribution in [3.63, 3.8) is 0 Å². The summed E-state index contributed by atoms with van der Waals surface area (Å²) < 4.78 is 5.91. The van der Waals surface area contributed by atoms with Crippen LogP contribution in [0.1, 0.15) is 77.0 Å². The molecule has 2 aliphatic carbocycles. The van der Waals surface area contributed by atoms with Crippen molar-refractivity contribution in [2.45, 2.75) is 89.3 Å². The van der Waals surface area contributed by atoms with Gasteiger partial charge in [-0.3, -0.25) is 0 Å². The van der Waals surface area contributed by atoms with Gasteiger partial charge < -0.3 is 9.84 Å². The molecule has 2 saturated carbocycles. The first-order chi connectivity index (χ1) is 8.86.